The predicted molar refractivity (Wildman–Crippen MR) is 36.8 cm³/mol. The fraction of sp³-hybridized carbons (Fsp3) is 0.833. The molecule has 0 atom stereocenters. The third-order valence-corrected chi connectivity index (χ3v) is 3.51. The van der Waals surface area contributed by atoms with E-state index in [1.165, 1.54) is 0 Å². The van der Waals surface area contributed by atoms with Crippen LogP contribution in [0.1, 0.15) is 25.7 Å². The van der Waals surface area contributed by atoms with Gasteiger partial charge in [-0.3, -0.25) is 0 Å². The summed E-state index contributed by atoms with van der Waals surface area (Å²) >= 11 is 0. The highest BCUT2D eigenvalue weighted by molar-refractivity contribution is 7.88. The van der Waals surface area contributed by atoms with E-state index < -0.39 is 15.0 Å². The van der Waals surface area contributed by atoms with Crippen LogP contribution in [0.15, 0.2) is 0 Å². The fourth-order valence-electron chi connectivity index (χ4n) is 1.36. The van der Waals surface area contributed by atoms with Crippen LogP contribution in [0.4, 0.5) is 3.89 Å². The molecule has 5 heteroatoms. The summed E-state index contributed by atoms with van der Waals surface area (Å²) in [5.74, 6) is 0. The Morgan fingerprint density at radius 3 is 2.00 bits per heavy atom. The van der Waals surface area contributed by atoms with Gasteiger partial charge in [0.05, 0.1) is 6.07 Å². The second-order valence-corrected chi connectivity index (χ2v) is 4.41. The topological polar surface area (TPSA) is 57.9 Å². The van der Waals surface area contributed by atoms with Crippen LogP contribution in [0.5, 0.6) is 0 Å². The van der Waals surface area contributed by atoms with Crippen LogP contribution >= 0.6 is 0 Å². The van der Waals surface area contributed by atoms with Gasteiger partial charge >= 0.3 is 10.2 Å². The molecule has 0 saturated heterocycles. The summed E-state index contributed by atoms with van der Waals surface area (Å²) in [6.07, 6.45) is 1.53. The van der Waals surface area contributed by atoms with Crippen molar-refractivity contribution >= 4 is 10.2 Å². The van der Waals surface area contributed by atoms with E-state index in [9.17, 15) is 12.3 Å². The van der Waals surface area contributed by atoms with E-state index in [1.807, 2.05) is 0 Å². The molecular formula is C6H8FNO2S. The number of hydrogen-bond acceptors (Lipinski definition) is 3. The highest BCUT2D eigenvalue weighted by Gasteiger charge is 2.47. The fourth-order valence-corrected chi connectivity index (χ4v) is 2.24. The lowest BCUT2D eigenvalue weighted by molar-refractivity contribution is 0.512. The molecule has 0 aromatic carbocycles. The lowest BCUT2D eigenvalue weighted by Gasteiger charge is -2.12. The zero-order valence-electron chi connectivity index (χ0n) is 5.88. The first kappa shape index (κ1) is 8.47. The Bertz CT molecular complexity index is 284. The van der Waals surface area contributed by atoms with Gasteiger partial charge < -0.3 is 0 Å². The van der Waals surface area contributed by atoms with Crippen LogP contribution in [0.25, 0.3) is 0 Å². The average molecular weight is 177 g/mol. The van der Waals surface area contributed by atoms with Gasteiger partial charge in [-0.2, -0.15) is 13.7 Å². The number of halogens is 1. The van der Waals surface area contributed by atoms with Crippen LogP contribution in [0, 0.1) is 11.3 Å². The van der Waals surface area contributed by atoms with Gasteiger partial charge in [-0.05, 0) is 12.8 Å². The molecule has 0 aromatic rings. The minimum atomic E-state index is -4.68. The average Bonchev–Trinajstić information content (AvgIpc) is 2.33. The molecule has 1 rings (SSSR count). The molecule has 11 heavy (non-hydrogen) atoms. The van der Waals surface area contributed by atoms with Gasteiger partial charge in [0.2, 0.25) is 0 Å². The molecule has 62 valence electrons. The maximum atomic E-state index is 12.5. The highest BCUT2D eigenvalue weighted by Crippen LogP contribution is 2.36. The lowest BCUT2D eigenvalue weighted by Crippen LogP contribution is -2.30. The van der Waals surface area contributed by atoms with E-state index in [4.69, 9.17) is 5.26 Å². The van der Waals surface area contributed by atoms with Gasteiger partial charge in [0.25, 0.3) is 0 Å². The quantitative estimate of drug-likeness (QED) is 0.564. The maximum absolute atomic E-state index is 12.5. The summed E-state index contributed by atoms with van der Waals surface area (Å²) in [5.41, 5.74) is 0. The van der Waals surface area contributed by atoms with Gasteiger partial charge in [0.15, 0.2) is 4.75 Å². The zero-order chi connectivity index (χ0) is 8.54. The molecule has 0 amide bonds. The van der Waals surface area contributed by atoms with Crippen molar-refractivity contribution in [2.75, 3.05) is 0 Å². The third-order valence-electron chi connectivity index (χ3n) is 2.08. The molecule has 1 aliphatic carbocycles. The second kappa shape index (κ2) is 2.45. The molecule has 0 radical (unpaired) electrons. The van der Waals surface area contributed by atoms with Crippen LogP contribution in [0.2, 0.25) is 0 Å². The standard InChI is InChI=1S/C6H8FNO2S/c7-11(9,10)6(5-8)3-1-2-4-6/h1-4H2. The lowest BCUT2D eigenvalue weighted by atomic mass is 10.1. The molecule has 0 aromatic heterocycles. The molecule has 0 bridgehead atoms. The minimum Gasteiger partial charge on any atom is -0.196 e. The Balaban J connectivity index is 3.06. The molecule has 0 unspecified atom stereocenters. The first-order valence-electron chi connectivity index (χ1n) is 3.37. The Morgan fingerprint density at radius 2 is 1.82 bits per heavy atom. The van der Waals surface area contributed by atoms with Crippen molar-refractivity contribution in [1.82, 2.24) is 0 Å². The highest BCUT2D eigenvalue weighted by atomic mass is 32.3. The molecule has 1 fully saturated rings. The molecule has 0 heterocycles. The van der Waals surface area contributed by atoms with Crippen molar-refractivity contribution in [3.63, 3.8) is 0 Å². The van der Waals surface area contributed by atoms with Gasteiger partial charge in [0.1, 0.15) is 0 Å². The molecule has 0 spiro atoms. The summed E-state index contributed by atoms with van der Waals surface area (Å²) in [4.78, 5) is 0. The van der Waals surface area contributed by atoms with E-state index in [2.05, 4.69) is 0 Å². The van der Waals surface area contributed by atoms with Gasteiger partial charge in [-0.1, -0.05) is 12.8 Å². The van der Waals surface area contributed by atoms with E-state index in [0.29, 0.717) is 12.8 Å². The van der Waals surface area contributed by atoms with Crippen LogP contribution in [0.3, 0.4) is 0 Å². The maximum Gasteiger partial charge on any atom is 0.321 e. The van der Waals surface area contributed by atoms with E-state index >= 15 is 0 Å². The van der Waals surface area contributed by atoms with Crippen LogP contribution in [-0.2, 0) is 10.2 Å². The second-order valence-electron chi connectivity index (χ2n) is 2.75. The number of hydrogen-bond donors (Lipinski definition) is 0. The SMILES string of the molecule is N#CC1(S(=O)(=O)F)CCCC1. The summed E-state index contributed by atoms with van der Waals surface area (Å²) in [5, 5.41) is 8.48. The normalized spacial score (nSPS) is 22.9. The zero-order valence-corrected chi connectivity index (χ0v) is 6.69. The summed E-state index contributed by atoms with van der Waals surface area (Å²) in [7, 11) is -4.68. The molecular weight excluding hydrogens is 169 g/mol. The van der Waals surface area contributed by atoms with Crippen molar-refractivity contribution in [2.24, 2.45) is 0 Å². The monoisotopic (exact) mass is 177 g/mol. The predicted octanol–water partition coefficient (Wildman–Crippen LogP) is 1.12. The Hall–Kier alpha value is -0.630. The van der Waals surface area contributed by atoms with Gasteiger partial charge in [-0.15, -0.1) is 3.89 Å². The smallest absolute Gasteiger partial charge is 0.196 e. The first-order valence-corrected chi connectivity index (χ1v) is 4.76. The summed E-state index contributed by atoms with van der Waals surface area (Å²) < 4.78 is 31.8. The van der Waals surface area contributed by atoms with Gasteiger partial charge in [0, 0.05) is 0 Å². The van der Waals surface area contributed by atoms with Gasteiger partial charge in [-0.25, -0.2) is 0 Å². The molecule has 1 saturated carbocycles. The Kier molecular flexibility index (Phi) is 1.89. The molecule has 0 N–H and O–H groups in total. The minimum absolute atomic E-state index is 0.141. The Morgan fingerprint density at radius 1 is 1.36 bits per heavy atom. The third kappa shape index (κ3) is 1.23. The largest absolute Gasteiger partial charge is 0.321 e. The van der Waals surface area contributed by atoms with Crippen molar-refractivity contribution in [3.8, 4) is 6.07 Å². The van der Waals surface area contributed by atoms with E-state index in [0.717, 1.165) is 0 Å². The summed E-state index contributed by atoms with van der Waals surface area (Å²) in [6.45, 7) is 0. The van der Waals surface area contributed by atoms with Crippen molar-refractivity contribution in [2.45, 2.75) is 30.4 Å². The van der Waals surface area contributed by atoms with E-state index in [-0.39, 0.29) is 12.8 Å². The van der Waals surface area contributed by atoms with Crippen LogP contribution in [-0.4, -0.2) is 13.2 Å². The van der Waals surface area contributed by atoms with Crippen molar-refractivity contribution in [3.05, 3.63) is 0 Å². The van der Waals surface area contributed by atoms with E-state index in [1.54, 1.807) is 6.07 Å². The molecule has 0 aliphatic heterocycles. The van der Waals surface area contributed by atoms with Crippen LogP contribution < -0.4 is 0 Å². The first-order chi connectivity index (χ1) is 5.02. The number of nitriles is 1. The van der Waals surface area contributed by atoms with Crippen molar-refractivity contribution < 1.29 is 12.3 Å². The Labute approximate surface area is 65.0 Å². The molecule has 1 aliphatic rings. The number of nitrogens with zero attached hydrogens (tertiary/aromatic N) is 1. The summed E-state index contributed by atoms with van der Waals surface area (Å²) in [6, 6.07) is 1.55. The van der Waals surface area contributed by atoms with Crippen molar-refractivity contribution in [1.29, 1.82) is 5.26 Å². The molecule has 3 nitrogen and oxygen atoms in total. The number of rotatable bonds is 1.